The Morgan fingerprint density at radius 1 is 0.912 bits per heavy atom. The first-order valence-electron chi connectivity index (χ1n) is 11.7. The predicted molar refractivity (Wildman–Crippen MR) is 140 cm³/mol. The minimum atomic E-state index is 0.454. The Labute approximate surface area is 206 Å². The van der Waals surface area contributed by atoms with Gasteiger partial charge in [0.1, 0.15) is 17.4 Å². The van der Waals surface area contributed by atoms with Crippen molar-refractivity contribution in [3.8, 4) is 5.75 Å². The molecule has 2 aromatic carbocycles. The average Bonchev–Trinajstić information content (AvgIpc) is 2.84. The Morgan fingerprint density at radius 2 is 1.56 bits per heavy atom. The van der Waals surface area contributed by atoms with Crippen LogP contribution in [0.2, 0.25) is 0 Å². The Morgan fingerprint density at radius 3 is 2.21 bits per heavy atom. The molecule has 0 saturated carbocycles. The van der Waals surface area contributed by atoms with Crippen molar-refractivity contribution in [1.82, 2.24) is 19.8 Å². The molecule has 2 heterocycles. The predicted octanol–water partition coefficient (Wildman–Crippen LogP) is 3.46. The summed E-state index contributed by atoms with van der Waals surface area (Å²) in [7, 11) is 1.65. The summed E-state index contributed by atoms with van der Waals surface area (Å²) >= 11 is 1.61. The summed E-state index contributed by atoms with van der Waals surface area (Å²) in [6.45, 7) is 8.57. The number of aryl methyl sites for hydroxylation is 1. The number of ether oxygens (including phenoxy) is 1. The monoisotopic (exact) mass is 478 g/mol. The number of hydrogen-bond acceptors (Lipinski definition) is 8. The van der Waals surface area contributed by atoms with Crippen LogP contribution in [-0.4, -0.2) is 65.4 Å². The smallest absolute Gasteiger partial charge is 0.191 e. The normalized spacial score (nSPS) is 14.9. The van der Waals surface area contributed by atoms with Crippen LogP contribution in [0.25, 0.3) is 0 Å². The summed E-state index contributed by atoms with van der Waals surface area (Å²) in [5, 5.41) is 0.645. The highest BCUT2D eigenvalue weighted by Crippen LogP contribution is 2.25. The minimum absolute atomic E-state index is 0.454. The number of nitrogens with zero attached hydrogens (tertiary/aromatic N) is 4. The van der Waals surface area contributed by atoms with Gasteiger partial charge in [-0.05, 0) is 35.7 Å². The second kappa shape index (κ2) is 11.6. The zero-order valence-corrected chi connectivity index (χ0v) is 20.9. The second-order valence-electron chi connectivity index (χ2n) is 8.67. The SMILES string of the molecule is COc1ccc(Cc2c(N)nc(SCCN3CCN(Cc4ccccc4C)CC3)nc2N)cc1. The number of thioether (sulfide) groups is 1. The van der Waals surface area contributed by atoms with E-state index in [0.29, 0.717) is 23.2 Å². The van der Waals surface area contributed by atoms with Gasteiger partial charge in [0.2, 0.25) is 0 Å². The van der Waals surface area contributed by atoms with Gasteiger partial charge in [-0.3, -0.25) is 9.80 Å². The number of piperazine rings is 1. The van der Waals surface area contributed by atoms with Crippen LogP contribution < -0.4 is 16.2 Å². The molecule has 1 aliphatic heterocycles. The Hall–Kier alpha value is -2.81. The molecule has 0 bridgehead atoms. The lowest BCUT2D eigenvalue weighted by atomic mass is 10.1. The number of rotatable bonds is 9. The number of hydrogen-bond donors (Lipinski definition) is 2. The highest BCUT2D eigenvalue weighted by Gasteiger charge is 2.18. The highest BCUT2D eigenvalue weighted by atomic mass is 32.2. The standard InChI is InChI=1S/C26H34N6OS/c1-19-5-3-4-6-21(19)18-32-13-11-31(12-14-32)15-16-34-26-29-24(27)23(25(28)30-26)17-20-7-9-22(33-2)10-8-20/h3-10H,11-18H2,1-2H3,(H4,27,28,29,30). The van der Waals surface area contributed by atoms with Crippen LogP contribution in [0.1, 0.15) is 22.3 Å². The van der Waals surface area contributed by atoms with Gasteiger partial charge < -0.3 is 16.2 Å². The van der Waals surface area contributed by atoms with Gasteiger partial charge in [-0.2, -0.15) is 0 Å². The topological polar surface area (TPSA) is 93.5 Å². The third-order valence-corrected chi connectivity index (χ3v) is 7.18. The Balaban J connectivity index is 1.24. The zero-order chi connectivity index (χ0) is 23.9. The van der Waals surface area contributed by atoms with E-state index in [9.17, 15) is 0 Å². The van der Waals surface area contributed by atoms with Gasteiger partial charge in [0.25, 0.3) is 0 Å². The number of benzene rings is 2. The van der Waals surface area contributed by atoms with Crippen molar-refractivity contribution in [3.05, 3.63) is 70.8 Å². The molecule has 1 saturated heterocycles. The summed E-state index contributed by atoms with van der Waals surface area (Å²) < 4.78 is 5.21. The third kappa shape index (κ3) is 6.40. The van der Waals surface area contributed by atoms with Crippen LogP contribution in [0.5, 0.6) is 5.75 Å². The Bertz CT molecular complexity index is 1060. The van der Waals surface area contributed by atoms with E-state index in [0.717, 1.165) is 61.9 Å². The van der Waals surface area contributed by atoms with Crippen molar-refractivity contribution in [1.29, 1.82) is 0 Å². The lowest BCUT2D eigenvalue weighted by Gasteiger charge is -2.34. The van der Waals surface area contributed by atoms with E-state index in [-0.39, 0.29) is 0 Å². The molecule has 3 aromatic rings. The molecule has 0 aliphatic carbocycles. The quantitative estimate of drug-likeness (QED) is 0.357. The third-order valence-electron chi connectivity index (χ3n) is 6.35. The maximum Gasteiger partial charge on any atom is 0.191 e. The van der Waals surface area contributed by atoms with E-state index in [1.165, 1.54) is 11.1 Å². The van der Waals surface area contributed by atoms with Gasteiger partial charge in [0.05, 0.1) is 7.11 Å². The molecular formula is C26H34N6OS. The van der Waals surface area contributed by atoms with Crippen LogP contribution in [-0.2, 0) is 13.0 Å². The van der Waals surface area contributed by atoms with E-state index < -0.39 is 0 Å². The van der Waals surface area contributed by atoms with Crippen molar-refractivity contribution in [2.24, 2.45) is 0 Å². The van der Waals surface area contributed by atoms with Gasteiger partial charge in [0.15, 0.2) is 5.16 Å². The number of methoxy groups -OCH3 is 1. The van der Waals surface area contributed by atoms with Crippen LogP contribution >= 0.6 is 11.8 Å². The molecule has 0 radical (unpaired) electrons. The van der Waals surface area contributed by atoms with Gasteiger partial charge in [-0.15, -0.1) is 0 Å². The van der Waals surface area contributed by atoms with Crippen LogP contribution in [0.4, 0.5) is 11.6 Å². The molecule has 0 atom stereocenters. The fourth-order valence-corrected chi connectivity index (χ4v) is 5.01. The maximum atomic E-state index is 6.24. The highest BCUT2D eigenvalue weighted by molar-refractivity contribution is 7.99. The van der Waals surface area contributed by atoms with Crippen molar-refractivity contribution < 1.29 is 4.74 Å². The lowest BCUT2D eigenvalue weighted by molar-refractivity contribution is 0.132. The van der Waals surface area contributed by atoms with Gasteiger partial charge in [-0.25, -0.2) is 9.97 Å². The molecule has 8 heteroatoms. The lowest BCUT2D eigenvalue weighted by Crippen LogP contribution is -2.46. The summed E-state index contributed by atoms with van der Waals surface area (Å²) in [4.78, 5) is 14.1. The molecule has 0 spiro atoms. The number of nitrogens with two attached hydrogens (primary N) is 2. The molecule has 4 N–H and O–H groups in total. The molecule has 7 nitrogen and oxygen atoms in total. The molecule has 34 heavy (non-hydrogen) atoms. The fourth-order valence-electron chi connectivity index (χ4n) is 4.16. The van der Waals surface area contributed by atoms with Crippen LogP contribution in [0, 0.1) is 6.92 Å². The van der Waals surface area contributed by atoms with Crippen molar-refractivity contribution in [3.63, 3.8) is 0 Å². The molecule has 180 valence electrons. The molecule has 1 fully saturated rings. The van der Waals surface area contributed by atoms with E-state index in [1.807, 2.05) is 24.3 Å². The second-order valence-corrected chi connectivity index (χ2v) is 9.73. The zero-order valence-electron chi connectivity index (χ0n) is 20.0. The summed E-state index contributed by atoms with van der Waals surface area (Å²) in [5.74, 6) is 2.64. The van der Waals surface area contributed by atoms with Gasteiger partial charge in [0, 0.05) is 57.0 Å². The van der Waals surface area contributed by atoms with Crippen molar-refractivity contribution in [2.45, 2.75) is 25.0 Å². The summed E-state index contributed by atoms with van der Waals surface area (Å²) in [6.07, 6.45) is 0.597. The van der Waals surface area contributed by atoms with E-state index in [2.05, 4.69) is 51.0 Å². The van der Waals surface area contributed by atoms with E-state index in [1.54, 1.807) is 18.9 Å². The average molecular weight is 479 g/mol. The first-order valence-corrected chi connectivity index (χ1v) is 12.7. The largest absolute Gasteiger partial charge is 0.497 e. The minimum Gasteiger partial charge on any atom is -0.497 e. The number of anilines is 2. The molecular weight excluding hydrogens is 444 g/mol. The molecule has 0 amide bonds. The van der Waals surface area contributed by atoms with E-state index in [4.69, 9.17) is 16.2 Å². The van der Waals surface area contributed by atoms with Gasteiger partial charge in [-0.1, -0.05) is 48.2 Å². The van der Waals surface area contributed by atoms with Crippen molar-refractivity contribution >= 4 is 23.4 Å². The summed E-state index contributed by atoms with van der Waals surface area (Å²) in [6, 6.07) is 16.5. The maximum absolute atomic E-state index is 6.24. The summed E-state index contributed by atoms with van der Waals surface area (Å²) in [5.41, 5.74) is 17.1. The Kier molecular flexibility index (Phi) is 8.26. The number of nitrogen functional groups attached to an aromatic ring is 2. The van der Waals surface area contributed by atoms with Gasteiger partial charge >= 0.3 is 0 Å². The molecule has 4 rings (SSSR count). The first-order chi connectivity index (χ1) is 16.5. The van der Waals surface area contributed by atoms with Crippen LogP contribution in [0.3, 0.4) is 0 Å². The molecule has 1 aromatic heterocycles. The van der Waals surface area contributed by atoms with Crippen molar-refractivity contribution in [2.75, 3.05) is 57.1 Å². The molecule has 1 aliphatic rings. The first kappa shape index (κ1) is 24.3. The van der Waals surface area contributed by atoms with Crippen LogP contribution in [0.15, 0.2) is 53.7 Å². The number of aromatic nitrogens is 2. The van der Waals surface area contributed by atoms with E-state index >= 15 is 0 Å². The fraction of sp³-hybridized carbons (Fsp3) is 0.385. The molecule has 0 unspecified atom stereocenters.